The summed E-state index contributed by atoms with van der Waals surface area (Å²) >= 11 is 0. The van der Waals surface area contributed by atoms with Gasteiger partial charge < -0.3 is 19.5 Å². The number of hydrogen-bond donors (Lipinski definition) is 1. The van der Waals surface area contributed by atoms with Crippen molar-refractivity contribution in [3.05, 3.63) is 42.2 Å². The van der Waals surface area contributed by atoms with Crippen LogP contribution in [0.5, 0.6) is 17.2 Å². The van der Waals surface area contributed by atoms with Crippen molar-refractivity contribution in [1.29, 1.82) is 0 Å². The lowest BCUT2D eigenvalue weighted by Gasteiger charge is -2.15. The molecule has 1 heterocycles. The summed E-state index contributed by atoms with van der Waals surface area (Å²) in [6, 6.07) is 11.5. The van der Waals surface area contributed by atoms with Crippen LogP contribution in [0.4, 0.5) is 11.5 Å². The normalized spacial score (nSPS) is 10.5. The quantitative estimate of drug-likeness (QED) is 0.771. The zero-order valence-corrected chi connectivity index (χ0v) is 14.1. The molecule has 0 spiro atoms. The van der Waals surface area contributed by atoms with Gasteiger partial charge in [0, 0.05) is 23.2 Å². The van der Waals surface area contributed by atoms with Crippen LogP contribution in [0.3, 0.4) is 0 Å². The Morgan fingerprint density at radius 1 is 0.875 bits per heavy atom. The van der Waals surface area contributed by atoms with E-state index in [0.717, 1.165) is 22.4 Å². The molecular weight excluding hydrogens is 306 g/mol. The van der Waals surface area contributed by atoms with Gasteiger partial charge in [-0.2, -0.15) is 0 Å². The summed E-state index contributed by atoms with van der Waals surface area (Å²) in [6.07, 6.45) is 0. The van der Waals surface area contributed by atoms with Crippen LogP contribution in [-0.2, 0) is 0 Å². The summed E-state index contributed by atoms with van der Waals surface area (Å²) in [5.74, 6) is 3.13. The summed E-state index contributed by atoms with van der Waals surface area (Å²) in [5, 5.41) is 4.26. The van der Waals surface area contributed by atoms with Gasteiger partial charge in [-0.15, -0.1) is 0 Å². The average molecular weight is 325 g/mol. The number of aromatic nitrogens is 2. The number of methoxy groups -OCH3 is 3. The molecule has 0 amide bonds. The summed E-state index contributed by atoms with van der Waals surface area (Å²) in [5.41, 5.74) is 1.67. The van der Waals surface area contributed by atoms with Crippen molar-refractivity contribution in [1.82, 2.24) is 9.97 Å². The third-order valence-corrected chi connectivity index (χ3v) is 3.64. The molecule has 0 aliphatic rings. The summed E-state index contributed by atoms with van der Waals surface area (Å²) < 4.78 is 16.1. The van der Waals surface area contributed by atoms with Gasteiger partial charge in [-0.3, -0.25) is 0 Å². The molecule has 0 saturated carbocycles. The molecule has 2 aromatic carbocycles. The highest BCUT2D eigenvalue weighted by molar-refractivity contribution is 5.91. The maximum Gasteiger partial charge on any atom is 0.203 e. The maximum atomic E-state index is 5.39. The lowest BCUT2D eigenvalue weighted by molar-refractivity contribution is 0.324. The van der Waals surface area contributed by atoms with E-state index in [-0.39, 0.29) is 0 Å². The molecule has 24 heavy (non-hydrogen) atoms. The first kappa shape index (κ1) is 15.9. The van der Waals surface area contributed by atoms with Gasteiger partial charge >= 0.3 is 0 Å². The summed E-state index contributed by atoms with van der Waals surface area (Å²) in [6.45, 7) is 1.87. The molecule has 0 atom stereocenters. The van der Waals surface area contributed by atoms with Crippen molar-refractivity contribution in [2.75, 3.05) is 26.6 Å². The van der Waals surface area contributed by atoms with Gasteiger partial charge in [0.25, 0.3) is 0 Å². The monoisotopic (exact) mass is 325 g/mol. The Hall–Kier alpha value is -3.02. The Bertz CT molecular complexity index is 856. The fraction of sp³-hybridized carbons (Fsp3) is 0.222. The zero-order chi connectivity index (χ0) is 17.1. The molecule has 1 aromatic heterocycles. The van der Waals surface area contributed by atoms with Crippen LogP contribution >= 0.6 is 0 Å². The predicted molar refractivity (Wildman–Crippen MR) is 93.7 cm³/mol. The molecule has 1 N–H and O–H groups in total. The van der Waals surface area contributed by atoms with E-state index >= 15 is 0 Å². The number of aryl methyl sites for hydroxylation is 1. The minimum Gasteiger partial charge on any atom is -0.493 e. The Morgan fingerprint density at radius 3 is 2.17 bits per heavy atom. The molecule has 3 rings (SSSR count). The van der Waals surface area contributed by atoms with Crippen molar-refractivity contribution in [3.8, 4) is 17.2 Å². The number of ether oxygens (including phenoxy) is 3. The smallest absolute Gasteiger partial charge is 0.203 e. The largest absolute Gasteiger partial charge is 0.493 e. The van der Waals surface area contributed by atoms with Gasteiger partial charge in [0.15, 0.2) is 11.5 Å². The fourth-order valence-electron chi connectivity index (χ4n) is 2.58. The third kappa shape index (κ3) is 2.90. The number of nitrogens with one attached hydrogen (secondary N) is 1. The third-order valence-electron chi connectivity index (χ3n) is 3.64. The highest BCUT2D eigenvalue weighted by atomic mass is 16.5. The van der Waals surface area contributed by atoms with Gasteiger partial charge in [-0.05, 0) is 19.1 Å². The Balaban J connectivity index is 2.09. The standard InChI is InChI=1S/C18H19N3O3/c1-11-19-14-8-6-5-7-13(14)18(20-11)21-12-9-15(22-2)17(24-4)16(10-12)23-3/h5-10H,1-4H3,(H,19,20,21). The maximum absolute atomic E-state index is 5.39. The van der Waals surface area contributed by atoms with Crippen molar-refractivity contribution in [2.24, 2.45) is 0 Å². The summed E-state index contributed by atoms with van der Waals surface area (Å²) in [4.78, 5) is 8.97. The average Bonchev–Trinajstić information content (AvgIpc) is 2.60. The first-order chi connectivity index (χ1) is 11.7. The van der Waals surface area contributed by atoms with E-state index in [1.54, 1.807) is 21.3 Å². The molecule has 0 fully saturated rings. The van der Waals surface area contributed by atoms with Crippen LogP contribution in [-0.4, -0.2) is 31.3 Å². The molecule has 0 aliphatic carbocycles. The van der Waals surface area contributed by atoms with Gasteiger partial charge in [-0.25, -0.2) is 9.97 Å². The highest BCUT2D eigenvalue weighted by Crippen LogP contribution is 2.40. The predicted octanol–water partition coefficient (Wildman–Crippen LogP) is 3.71. The molecule has 0 unspecified atom stereocenters. The van der Waals surface area contributed by atoms with E-state index in [1.165, 1.54) is 0 Å². The minimum absolute atomic E-state index is 0.550. The Labute approximate surface area is 140 Å². The molecule has 0 radical (unpaired) electrons. The number of fused-ring (bicyclic) bond motifs is 1. The van der Waals surface area contributed by atoms with Crippen LogP contribution < -0.4 is 19.5 Å². The summed E-state index contributed by atoms with van der Waals surface area (Å²) in [7, 11) is 4.76. The highest BCUT2D eigenvalue weighted by Gasteiger charge is 2.14. The van der Waals surface area contributed by atoms with E-state index in [4.69, 9.17) is 14.2 Å². The number of nitrogens with zero attached hydrogens (tertiary/aromatic N) is 2. The molecule has 0 bridgehead atoms. The molecule has 124 valence electrons. The van der Waals surface area contributed by atoms with Crippen molar-refractivity contribution < 1.29 is 14.2 Å². The fourth-order valence-corrected chi connectivity index (χ4v) is 2.58. The van der Waals surface area contributed by atoms with E-state index < -0.39 is 0 Å². The van der Waals surface area contributed by atoms with Crippen molar-refractivity contribution in [3.63, 3.8) is 0 Å². The first-order valence-corrected chi connectivity index (χ1v) is 7.46. The lowest BCUT2D eigenvalue weighted by Crippen LogP contribution is -2.01. The zero-order valence-electron chi connectivity index (χ0n) is 14.1. The van der Waals surface area contributed by atoms with Gasteiger partial charge in [0.05, 0.1) is 26.8 Å². The van der Waals surface area contributed by atoms with Crippen LogP contribution in [0.1, 0.15) is 5.82 Å². The minimum atomic E-state index is 0.550. The van der Waals surface area contributed by atoms with Crippen molar-refractivity contribution >= 4 is 22.4 Å². The lowest BCUT2D eigenvalue weighted by atomic mass is 10.2. The second kappa shape index (κ2) is 6.62. The molecule has 6 nitrogen and oxygen atoms in total. The van der Waals surface area contributed by atoms with Crippen LogP contribution in [0.25, 0.3) is 10.9 Å². The molecule has 0 aliphatic heterocycles. The molecular formula is C18H19N3O3. The van der Waals surface area contributed by atoms with Crippen LogP contribution in [0.15, 0.2) is 36.4 Å². The van der Waals surface area contributed by atoms with E-state index in [2.05, 4.69) is 15.3 Å². The number of anilines is 2. The number of para-hydroxylation sites is 1. The Kier molecular flexibility index (Phi) is 4.37. The van der Waals surface area contributed by atoms with E-state index in [1.807, 2.05) is 43.3 Å². The molecule has 6 heteroatoms. The van der Waals surface area contributed by atoms with Gasteiger partial charge in [-0.1, -0.05) is 12.1 Å². The second-order valence-electron chi connectivity index (χ2n) is 5.18. The Morgan fingerprint density at radius 2 is 1.54 bits per heavy atom. The first-order valence-electron chi connectivity index (χ1n) is 7.46. The van der Waals surface area contributed by atoms with E-state index in [0.29, 0.717) is 23.1 Å². The molecule has 0 saturated heterocycles. The number of benzene rings is 2. The van der Waals surface area contributed by atoms with Crippen molar-refractivity contribution in [2.45, 2.75) is 6.92 Å². The molecule has 3 aromatic rings. The van der Waals surface area contributed by atoms with Gasteiger partial charge in [0.1, 0.15) is 11.6 Å². The van der Waals surface area contributed by atoms with Crippen LogP contribution in [0.2, 0.25) is 0 Å². The number of hydrogen-bond acceptors (Lipinski definition) is 6. The van der Waals surface area contributed by atoms with E-state index in [9.17, 15) is 0 Å². The second-order valence-corrected chi connectivity index (χ2v) is 5.18. The SMILES string of the molecule is COc1cc(Nc2nc(C)nc3ccccc23)cc(OC)c1OC. The van der Waals surface area contributed by atoms with Gasteiger partial charge in [0.2, 0.25) is 5.75 Å². The topological polar surface area (TPSA) is 65.5 Å². The number of rotatable bonds is 5. The van der Waals surface area contributed by atoms with Crippen LogP contribution in [0, 0.1) is 6.92 Å².